The van der Waals surface area contributed by atoms with Crippen LogP contribution in [-0.2, 0) is 0 Å². The van der Waals surface area contributed by atoms with Crippen LogP contribution in [0.25, 0.3) is 76.2 Å². The average molecular weight is 597 g/mol. The number of phenolic OH excluding ortho intramolecular Hbond substituents is 1. The van der Waals surface area contributed by atoms with E-state index in [9.17, 15) is 5.11 Å². The minimum Gasteiger partial charge on any atom is -0.507 e. The Morgan fingerprint density at radius 3 is 1.93 bits per heavy atom. The number of aromatic hydroxyl groups is 1. The second-order valence-corrected chi connectivity index (χ2v) is 12.3. The summed E-state index contributed by atoms with van der Waals surface area (Å²) < 4.78 is 2.59. The van der Waals surface area contributed by atoms with Crippen molar-refractivity contribution in [1.29, 1.82) is 0 Å². The van der Waals surface area contributed by atoms with Crippen LogP contribution >= 0.6 is 11.3 Å². The molecule has 0 atom stereocenters. The van der Waals surface area contributed by atoms with Crippen LogP contribution < -0.4 is 0 Å². The van der Waals surface area contributed by atoms with Crippen molar-refractivity contribution in [3.8, 4) is 61.8 Å². The number of fused-ring (bicyclic) bond motifs is 3. The van der Waals surface area contributed by atoms with E-state index >= 15 is 0 Å². The molecule has 3 nitrogen and oxygen atoms in total. The summed E-state index contributed by atoms with van der Waals surface area (Å²) in [5.41, 5.74) is 10.7. The molecule has 3 heterocycles. The number of thiophene rings is 1. The molecular weight excluding hydrogens is 569 g/mol. The highest BCUT2D eigenvalue weighted by Gasteiger charge is 2.15. The summed E-state index contributed by atoms with van der Waals surface area (Å²) >= 11 is 1.84. The Morgan fingerprint density at radius 2 is 1.09 bits per heavy atom. The summed E-state index contributed by atoms with van der Waals surface area (Å²) in [5, 5.41) is 13.3. The molecule has 0 aliphatic rings. The van der Waals surface area contributed by atoms with Crippen molar-refractivity contribution in [1.82, 2.24) is 9.97 Å². The fraction of sp³-hybridized carbons (Fsp3) is 0.0244. The molecule has 8 aromatic rings. The third kappa shape index (κ3) is 5.05. The Balaban J connectivity index is 1.25. The molecule has 0 spiro atoms. The highest BCUT2D eigenvalue weighted by molar-refractivity contribution is 7.26. The molecule has 0 fully saturated rings. The van der Waals surface area contributed by atoms with Gasteiger partial charge >= 0.3 is 0 Å². The summed E-state index contributed by atoms with van der Waals surface area (Å²) in [5.74, 6) is 0.208. The molecule has 0 saturated carbocycles. The highest BCUT2D eigenvalue weighted by Crippen LogP contribution is 2.41. The predicted octanol–water partition coefficient (Wildman–Crippen LogP) is 11.2. The van der Waals surface area contributed by atoms with Crippen LogP contribution in [0.4, 0.5) is 0 Å². The quantitative estimate of drug-likeness (QED) is 0.215. The van der Waals surface area contributed by atoms with E-state index in [1.807, 2.05) is 53.8 Å². The Labute approximate surface area is 265 Å². The lowest BCUT2D eigenvalue weighted by atomic mass is 9.97. The number of nitrogens with zero attached hydrogens (tertiary/aromatic N) is 2. The first-order chi connectivity index (χ1) is 22.1. The van der Waals surface area contributed by atoms with E-state index in [1.165, 1.54) is 25.7 Å². The summed E-state index contributed by atoms with van der Waals surface area (Å²) in [6.07, 6.45) is 0. The highest BCUT2D eigenvalue weighted by atomic mass is 32.1. The number of para-hydroxylation sites is 1. The van der Waals surface area contributed by atoms with E-state index in [0.29, 0.717) is 5.56 Å². The van der Waals surface area contributed by atoms with Gasteiger partial charge in [-0.25, -0.2) is 4.98 Å². The molecule has 4 heteroatoms. The molecule has 0 saturated heterocycles. The van der Waals surface area contributed by atoms with Crippen LogP contribution in [0.15, 0.2) is 146 Å². The second kappa shape index (κ2) is 11.2. The fourth-order valence-electron chi connectivity index (χ4n) is 6.09. The summed E-state index contributed by atoms with van der Waals surface area (Å²) in [4.78, 5) is 10.0. The molecule has 0 aliphatic heterocycles. The zero-order valence-electron chi connectivity index (χ0n) is 24.6. The van der Waals surface area contributed by atoms with Crippen molar-refractivity contribution in [3.63, 3.8) is 0 Å². The Morgan fingerprint density at radius 1 is 0.467 bits per heavy atom. The topological polar surface area (TPSA) is 46.0 Å². The molecule has 0 radical (unpaired) electrons. The van der Waals surface area contributed by atoms with Crippen LogP contribution in [0.5, 0.6) is 5.75 Å². The summed E-state index contributed by atoms with van der Waals surface area (Å²) in [7, 11) is 0. The van der Waals surface area contributed by atoms with Gasteiger partial charge in [-0.15, -0.1) is 11.3 Å². The fourth-order valence-corrected chi connectivity index (χ4v) is 7.33. The average Bonchev–Trinajstić information content (AvgIpc) is 3.47. The Bertz CT molecular complexity index is 2360. The number of aromatic nitrogens is 2. The minimum atomic E-state index is 0.208. The van der Waals surface area contributed by atoms with Gasteiger partial charge in [-0.2, -0.15) is 0 Å². The molecule has 0 aliphatic carbocycles. The number of phenols is 1. The third-order valence-corrected chi connectivity index (χ3v) is 9.46. The van der Waals surface area contributed by atoms with Crippen molar-refractivity contribution < 1.29 is 5.11 Å². The molecule has 8 rings (SSSR count). The number of benzene rings is 5. The van der Waals surface area contributed by atoms with Crippen molar-refractivity contribution in [2.24, 2.45) is 0 Å². The van der Waals surface area contributed by atoms with E-state index < -0.39 is 0 Å². The molecule has 0 bridgehead atoms. The maximum absolute atomic E-state index is 10.7. The van der Waals surface area contributed by atoms with Crippen molar-refractivity contribution in [2.75, 3.05) is 0 Å². The lowest BCUT2D eigenvalue weighted by Gasteiger charge is -2.13. The summed E-state index contributed by atoms with van der Waals surface area (Å²) in [6, 6.07) is 49.8. The van der Waals surface area contributed by atoms with Crippen molar-refractivity contribution >= 4 is 31.5 Å². The van der Waals surface area contributed by atoms with Gasteiger partial charge in [0.1, 0.15) is 5.75 Å². The van der Waals surface area contributed by atoms with Gasteiger partial charge in [0.25, 0.3) is 0 Å². The van der Waals surface area contributed by atoms with Gasteiger partial charge in [-0.05, 0) is 77.7 Å². The standard InChI is InChI=1S/C41H28N2OS/c1-26-21-31(32-17-10-18-34-33-15-6-8-20-40(33)45-41(32)34)25-36(42-26)28-13-9-14-29(22-28)37-23-30(27-11-3-2-4-12-27)24-38(43-37)35-16-5-7-19-39(35)44/h2-25,44H,1H3. The lowest BCUT2D eigenvalue weighted by molar-refractivity contribution is 0.477. The van der Waals surface area contributed by atoms with Crippen LogP contribution in [0.1, 0.15) is 5.69 Å². The van der Waals surface area contributed by atoms with E-state index in [4.69, 9.17) is 9.97 Å². The van der Waals surface area contributed by atoms with Crippen molar-refractivity contribution in [2.45, 2.75) is 6.92 Å². The number of rotatable bonds is 5. The molecule has 1 N–H and O–H groups in total. The first-order valence-electron chi connectivity index (χ1n) is 15.0. The normalized spacial score (nSPS) is 11.3. The monoisotopic (exact) mass is 596 g/mol. The molecule has 5 aromatic carbocycles. The molecular formula is C41H28N2OS. The number of aryl methyl sites for hydroxylation is 1. The molecule has 3 aromatic heterocycles. The minimum absolute atomic E-state index is 0.208. The van der Waals surface area contributed by atoms with Crippen molar-refractivity contribution in [3.05, 3.63) is 151 Å². The number of hydrogen-bond donors (Lipinski definition) is 1. The van der Waals surface area contributed by atoms with E-state index in [-0.39, 0.29) is 5.75 Å². The van der Waals surface area contributed by atoms with Gasteiger partial charge in [0, 0.05) is 42.6 Å². The zero-order valence-corrected chi connectivity index (χ0v) is 25.4. The molecule has 0 amide bonds. The van der Waals surface area contributed by atoms with Crippen LogP contribution in [0.3, 0.4) is 0 Å². The van der Waals surface area contributed by atoms with Gasteiger partial charge in [0.05, 0.1) is 17.1 Å². The third-order valence-electron chi connectivity index (χ3n) is 8.24. The van der Waals surface area contributed by atoms with Gasteiger partial charge in [0.15, 0.2) is 0 Å². The predicted molar refractivity (Wildman–Crippen MR) is 189 cm³/mol. The second-order valence-electron chi connectivity index (χ2n) is 11.3. The first kappa shape index (κ1) is 27.0. The Kier molecular flexibility index (Phi) is 6.70. The van der Waals surface area contributed by atoms with Gasteiger partial charge < -0.3 is 5.11 Å². The largest absolute Gasteiger partial charge is 0.507 e. The molecule has 45 heavy (non-hydrogen) atoms. The molecule has 0 unspecified atom stereocenters. The SMILES string of the molecule is Cc1cc(-c2cccc3c2sc2ccccc23)cc(-c2cccc(-c3cc(-c4ccccc4)cc(-c4ccccc4O)n3)c2)n1. The van der Waals surface area contributed by atoms with Gasteiger partial charge in [-0.1, -0.05) is 97.1 Å². The zero-order chi connectivity index (χ0) is 30.3. The van der Waals surface area contributed by atoms with E-state index in [0.717, 1.165) is 50.6 Å². The van der Waals surface area contributed by atoms with Crippen LogP contribution in [0.2, 0.25) is 0 Å². The smallest absolute Gasteiger partial charge is 0.124 e. The van der Waals surface area contributed by atoms with E-state index in [2.05, 4.69) is 104 Å². The number of pyridine rings is 2. The Hall–Kier alpha value is -5.58. The van der Waals surface area contributed by atoms with Gasteiger partial charge in [-0.3, -0.25) is 4.98 Å². The lowest BCUT2D eigenvalue weighted by Crippen LogP contribution is -1.93. The van der Waals surface area contributed by atoms with Gasteiger partial charge in [0.2, 0.25) is 0 Å². The number of hydrogen-bond acceptors (Lipinski definition) is 4. The first-order valence-corrected chi connectivity index (χ1v) is 15.8. The molecule has 214 valence electrons. The maximum atomic E-state index is 10.7. The van der Waals surface area contributed by atoms with Crippen LogP contribution in [-0.4, -0.2) is 15.1 Å². The van der Waals surface area contributed by atoms with Crippen LogP contribution in [0, 0.1) is 6.92 Å². The summed E-state index contributed by atoms with van der Waals surface area (Å²) in [6.45, 7) is 2.06. The maximum Gasteiger partial charge on any atom is 0.124 e. The van der Waals surface area contributed by atoms with E-state index in [1.54, 1.807) is 6.07 Å².